The smallest absolute Gasteiger partial charge is 0.225 e. The lowest BCUT2D eigenvalue weighted by molar-refractivity contribution is -0.117. The molecule has 1 aliphatic rings. The summed E-state index contributed by atoms with van der Waals surface area (Å²) in [6.45, 7) is 0. The van der Waals surface area contributed by atoms with Crippen molar-refractivity contribution in [2.24, 2.45) is 5.41 Å². The Bertz CT molecular complexity index is 446. The van der Waals surface area contributed by atoms with E-state index in [0.29, 0.717) is 22.2 Å². The molecule has 0 spiro atoms. The molecule has 0 heterocycles. The van der Waals surface area contributed by atoms with Gasteiger partial charge in [0, 0.05) is 11.4 Å². The van der Waals surface area contributed by atoms with Crippen molar-refractivity contribution in [3.63, 3.8) is 0 Å². The van der Waals surface area contributed by atoms with E-state index in [1.807, 2.05) is 0 Å². The van der Waals surface area contributed by atoms with Gasteiger partial charge in [-0.15, -0.1) is 0 Å². The zero-order chi connectivity index (χ0) is 12.5. The molecule has 92 valence electrons. The van der Waals surface area contributed by atoms with E-state index >= 15 is 0 Å². The van der Waals surface area contributed by atoms with Gasteiger partial charge in [-0.05, 0) is 42.2 Å². The van der Waals surface area contributed by atoms with E-state index in [1.54, 1.807) is 18.2 Å². The third-order valence-electron chi connectivity index (χ3n) is 3.03. The highest BCUT2D eigenvalue weighted by atomic mass is 35.5. The van der Waals surface area contributed by atoms with Gasteiger partial charge in [-0.2, -0.15) is 12.6 Å². The Balaban J connectivity index is 1.98. The number of amides is 1. The molecule has 0 saturated heterocycles. The minimum Gasteiger partial charge on any atom is -0.325 e. The van der Waals surface area contributed by atoms with Crippen molar-refractivity contribution in [2.45, 2.75) is 19.3 Å². The summed E-state index contributed by atoms with van der Waals surface area (Å²) in [7, 11) is 0. The summed E-state index contributed by atoms with van der Waals surface area (Å²) in [5, 5.41) is 3.82. The number of hydrogen-bond donors (Lipinski definition) is 2. The standard InChI is InChI=1S/C12H13Cl2NOS/c13-8-1-2-10(9(14)5-8)15-11(16)6-12(7-17)3-4-12/h1-2,5,17H,3-4,6-7H2,(H,15,16). The van der Waals surface area contributed by atoms with Crippen molar-refractivity contribution in [1.82, 2.24) is 0 Å². The lowest BCUT2D eigenvalue weighted by Gasteiger charge is -2.12. The Morgan fingerprint density at radius 3 is 2.65 bits per heavy atom. The molecule has 1 N–H and O–H groups in total. The molecule has 1 aromatic carbocycles. The molecule has 1 aromatic rings. The quantitative estimate of drug-likeness (QED) is 0.805. The molecular formula is C12H13Cl2NOS. The molecule has 1 amide bonds. The maximum atomic E-state index is 11.8. The maximum absolute atomic E-state index is 11.8. The van der Waals surface area contributed by atoms with E-state index in [-0.39, 0.29) is 11.3 Å². The summed E-state index contributed by atoms with van der Waals surface area (Å²) >= 11 is 16.0. The van der Waals surface area contributed by atoms with Crippen molar-refractivity contribution in [2.75, 3.05) is 11.1 Å². The van der Waals surface area contributed by atoms with Crippen LogP contribution in [0.15, 0.2) is 18.2 Å². The second-order valence-corrected chi connectivity index (χ2v) is 5.67. The third-order valence-corrected chi connectivity index (χ3v) is 4.25. The van der Waals surface area contributed by atoms with Gasteiger partial charge in [0.05, 0.1) is 10.7 Å². The number of halogens is 2. The molecule has 0 bridgehead atoms. The number of hydrogen-bond acceptors (Lipinski definition) is 2. The van der Waals surface area contributed by atoms with Crippen LogP contribution in [0.2, 0.25) is 10.0 Å². The molecule has 0 radical (unpaired) electrons. The Kier molecular flexibility index (Phi) is 3.91. The van der Waals surface area contributed by atoms with Crippen molar-refractivity contribution in [1.29, 1.82) is 0 Å². The van der Waals surface area contributed by atoms with Gasteiger partial charge in [0.15, 0.2) is 0 Å². The highest BCUT2D eigenvalue weighted by Crippen LogP contribution is 2.49. The maximum Gasteiger partial charge on any atom is 0.225 e. The van der Waals surface area contributed by atoms with Crippen LogP contribution in [-0.2, 0) is 4.79 Å². The minimum absolute atomic E-state index is 0.0132. The van der Waals surface area contributed by atoms with E-state index in [2.05, 4.69) is 17.9 Å². The molecule has 17 heavy (non-hydrogen) atoms. The number of rotatable bonds is 4. The molecule has 2 rings (SSSR count). The molecule has 1 aliphatic carbocycles. The van der Waals surface area contributed by atoms with Crippen molar-refractivity contribution in [3.8, 4) is 0 Å². The Hall–Kier alpha value is -0.380. The molecule has 0 unspecified atom stereocenters. The Labute approximate surface area is 116 Å². The normalized spacial score (nSPS) is 16.6. The van der Waals surface area contributed by atoms with Gasteiger partial charge < -0.3 is 5.32 Å². The monoisotopic (exact) mass is 289 g/mol. The summed E-state index contributed by atoms with van der Waals surface area (Å²) in [5.74, 6) is 0.746. The molecule has 0 aromatic heterocycles. The van der Waals surface area contributed by atoms with Crippen molar-refractivity contribution < 1.29 is 4.79 Å². The lowest BCUT2D eigenvalue weighted by atomic mass is 10.1. The number of carbonyl (C=O) groups excluding carboxylic acids is 1. The largest absolute Gasteiger partial charge is 0.325 e. The van der Waals surface area contributed by atoms with Crippen molar-refractivity contribution >= 4 is 47.4 Å². The first-order valence-electron chi connectivity index (χ1n) is 5.40. The number of benzene rings is 1. The van der Waals surface area contributed by atoms with Gasteiger partial charge in [0.2, 0.25) is 5.91 Å². The van der Waals surface area contributed by atoms with Crippen LogP contribution in [-0.4, -0.2) is 11.7 Å². The van der Waals surface area contributed by atoms with Crippen molar-refractivity contribution in [3.05, 3.63) is 28.2 Å². The van der Waals surface area contributed by atoms with E-state index in [9.17, 15) is 4.79 Å². The molecule has 1 fully saturated rings. The number of carbonyl (C=O) groups is 1. The second-order valence-electron chi connectivity index (χ2n) is 4.51. The first-order valence-corrected chi connectivity index (χ1v) is 6.79. The van der Waals surface area contributed by atoms with Gasteiger partial charge in [-0.3, -0.25) is 4.79 Å². The lowest BCUT2D eigenvalue weighted by Crippen LogP contribution is -2.18. The average Bonchev–Trinajstić information content (AvgIpc) is 3.03. The topological polar surface area (TPSA) is 29.1 Å². The Morgan fingerprint density at radius 2 is 2.12 bits per heavy atom. The van der Waals surface area contributed by atoms with Crippen LogP contribution >= 0.6 is 35.8 Å². The molecule has 0 atom stereocenters. The van der Waals surface area contributed by atoms with Gasteiger partial charge in [0.25, 0.3) is 0 Å². The predicted octanol–water partition coefficient (Wildman–Crippen LogP) is 4.03. The first-order chi connectivity index (χ1) is 8.04. The fourth-order valence-corrected chi connectivity index (χ4v) is 2.58. The zero-order valence-corrected chi connectivity index (χ0v) is 11.6. The number of nitrogens with one attached hydrogen (secondary N) is 1. The molecular weight excluding hydrogens is 277 g/mol. The number of anilines is 1. The van der Waals surface area contributed by atoms with E-state index in [4.69, 9.17) is 23.2 Å². The highest BCUT2D eigenvalue weighted by molar-refractivity contribution is 7.80. The van der Waals surface area contributed by atoms with E-state index < -0.39 is 0 Å². The fraction of sp³-hybridized carbons (Fsp3) is 0.417. The summed E-state index contributed by atoms with van der Waals surface area (Å²) in [6, 6.07) is 5.03. The fourth-order valence-electron chi connectivity index (χ4n) is 1.69. The average molecular weight is 290 g/mol. The van der Waals surface area contributed by atoms with Crippen LogP contribution in [0.5, 0.6) is 0 Å². The van der Waals surface area contributed by atoms with Crippen LogP contribution in [0.1, 0.15) is 19.3 Å². The minimum atomic E-state index is -0.0132. The zero-order valence-electron chi connectivity index (χ0n) is 9.17. The number of thiol groups is 1. The molecule has 2 nitrogen and oxygen atoms in total. The summed E-state index contributed by atoms with van der Waals surface area (Å²) < 4.78 is 0. The van der Waals surface area contributed by atoms with Crippen LogP contribution in [0.25, 0.3) is 0 Å². The third kappa shape index (κ3) is 3.30. The van der Waals surface area contributed by atoms with Crippen LogP contribution < -0.4 is 5.32 Å². The van der Waals surface area contributed by atoms with Gasteiger partial charge in [-0.1, -0.05) is 23.2 Å². The summed E-state index contributed by atoms with van der Waals surface area (Å²) in [4.78, 5) is 11.8. The van der Waals surface area contributed by atoms with E-state index in [0.717, 1.165) is 18.6 Å². The summed E-state index contributed by atoms with van der Waals surface area (Å²) in [5.41, 5.74) is 0.725. The van der Waals surface area contributed by atoms with Gasteiger partial charge in [0.1, 0.15) is 0 Å². The first kappa shape index (κ1) is 13.1. The molecule has 0 aliphatic heterocycles. The molecule has 1 saturated carbocycles. The Morgan fingerprint density at radius 1 is 1.41 bits per heavy atom. The van der Waals surface area contributed by atoms with Gasteiger partial charge in [-0.25, -0.2) is 0 Å². The highest BCUT2D eigenvalue weighted by Gasteiger charge is 2.42. The molecule has 5 heteroatoms. The van der Waals surface area contributed by atoms with Crippen LogP contribution in [0.3, 0.4) is 0 Å². The van der Waals surface area contributed by atoms with Gasteiger partial charge >= 0.3 is 0 Å². The van der Waals surface area contributed by atoms with Crippen LogP contribution in [0.4, 0.5) is 5.69 Å². The van der Waals surface area contributed by atoms with Crippen LogP contribution in [0, 0.1) is 5.41 Å². The predicted molar refractivity (Wildman–Crippen MR) is 75.2 cm³/mol. The SMILES string of the molecule is O=C(CC1(CS)CC1)Nc1ccc(Cl)cc1Cl. The summed E-state index contributed by atoms with van der Waals surface area (Å²) in [6.07, 6.45) is 2.67. The van der Waals surface area contributed by atoms with E-state index in [1.165, 1.54) is 0 Å². The second kappa shape index (κ2) is 5.09.